The van der Waals surface area contributed by atoms with Crippen molar-refractivity contribution in [2.45, 2.75) is 45.1 Å². The number of fused-ring (bicyclic) bond motifs is 3. The fourth-order valence-corrected chi connectivity index (χ4v) is 6.89. The smallest absolute Gasteiger partial charge is 0.500 e. The van der Waals surface area contributed by atoms with Crippen LogP contribution >= 0.6 is 0 Å². The third-order valence-electron chi connectivity index (χ3n) is 9.91. The minimum absolute atomic E-state index is 0. The van der Waals surface area contributed by atoms with Gasteiger partial charge < -0.3 is 19.4 Å². The fraction of sp³-hybridized carbons (Fsp3) is 0.121. The molecule has 0 atom stereocenters. The number of pyridine rings is 3. The van der Waals surface area contributed by atoms with Crippen LogP contribution in [0.4, 0.5) is 4.39 Å². The first-order valence-electron chi connectivity index (χ1n) is 29.5. The van der Waals surface area contributed by atoms with E-state index in [2.05, 4.69) is 33.2 Å². The molecule has 10 rings (SSSR count). The van der Waals surface area contributed by atoms with Gasteiger partial charge in [-0.3, -0.25) is 0 Å². The zero-order chi connectivity index (χ0) is 60.1. The van der Waals surface area contributed by atoms with E-state index in [1.807, 2.05) is 0 Å². The van der Waals surface area contributed by atoms with Gasteiger partial charge >= 0.3 is 20.1 Å². The summed E-state index contributed by atoms with van der Waals surface area (Å²) in [5.74, 6) is -1.42. The van der Waals surface area contributed by atoms with Crippen molar-refractivity contribution in [3.05, 3.63) is 233 Å². The molecule has 4 nitrogen and oxygen atoms in total. The Labute approximate surface area is 415 Å². The fourth-order valence-electron chi connectivity index (χ4n) is 6.89. The Bertz CT molecular complexity index is 3990. The number of furan rings is 1. The predicted molar refractivity (Wildman–Crippen MR) is 252 cm³/mol. The van der Waals surface area contributed by atoms with Crippen molar-refractivity contribution in [2.24, 2.45) is 0 Å². The second-order valence-corrected chi connectivity index (χ2v) is 14.1. The minimum atomic E-state index is -3.29. The van der Waals surface area contributed by atoms with Crippen molar-refractivity contribution in [1.29, 1.82) is 0 Å². The summed E-state index contributed by atoms with van der Waals surface area (Å²) in [6.07, 6.45) is -15.6. The average molecular weight is 1030 g/mol. The van der Waals surface area contributed by atoms with E-state index >= 15 is 4.39 Å². The van der Waals surface area contributed by atoms with Gasteiger partial charge in [0.2, 0.25) is 0 Å². The molecule has 0 spiro atoms. The normalized spacial score (nSPS) is 17.3. The molecule has 0 unspecified atom stereocenters. The summed E-state index contributed by atoms with van der Waals surface area (Å²) in [5, 5.41) is 0.142. The van der Waals surface area contributed by atoms with Crippen molar-refractivity contribution in [1.82, 2.24) is 15.0 Å². The van der Waals surface area contributed by atoms with Crippen LogP contribution in [0.5, 0.6) is 0 Å². The van der Waals surface area contributed by atoms with Crippen LogP contribution in [0.1, 0.15) is 66.4 Å². The molecule has 6 heteroatoms. The van der Waals surface area contributed by atoms with Gasteiger partial charge in [-0.2, -0.15) is 0 Å². The number of aromatic nitrogens is 3. The number of hydrogen-bond donors (Lipinski definition) is 0. The number of benzene rings is 6. The van der Waals surface area contributed by atoms with E-state index in [0.29, 0.717) is 22.5 Å². The Morgan fingerprint density at radius 1 is 0.562 bits per heavy atom. The first-order chi connectivity index (χ1) is 38.8. The molecule has 0 aliphatic heterocycles. The van der Waals surface area contributed by atoms with E-state index in [4.69, 9.17) is 15.4 Å². The molecule has 0 aliphatic carbocycles. The number of rotatable bonds is 13. The maximum Gasteiger partial charge on any atom is 3.00 e. The Morgan fingerprint density at radius 2 is 1.09 bits per heavy atom. The zero-order valence-corrected chi connectivity index (χ0v) is 35.6. The molecule has 0 aliphatic rings. The SMILES string of the molecule is [2H]c1c([2H])c([2H])c(-c2c(F)c(C([2H])([2H])[2H])cc3c2oc2c(-c4ccc(C([2H])([2H])C([2H])([2H])c5cc(C([2H])([2H])C([2H])([2H])c6ccc(-c7[c-]cccc7)nc6)cc(C([2H])([2H])C([2H])([2H])c6ccc(-c7[c-]cccc7)nc6)c5)cn4)[c-]ccc23)c([2H])c1[2H].[Ir+3]. The number of aryl methyl sites for hydroxylation is 7. The van der Waals surface area contributed by atoms with Gasteiger partial charge in [-0.05, 0) is 113 Å². The third kappa shape index (κ3) is 9.26. The van der Waals surface area contributed by atoms with Gasteiger partial charge in [0.05, 0.1) is 18.0 Å². The van der Waals surface area contributed by atoms with Crippen molar-refractivity contribution in [2.75, 3.05) is 0 Å². The average Bonchev–Trinajstić information content (AvgIpc) is 2.78. The van der Waals surface area contributed by atoms with Crippen LogP contribution in [-0.2, 0) is 58.3 Å². The summed E-state index contributed by atoms with van der Waals surface area (Å²) in [6.45, 7) is -3.10. The Morgan fingerprint density at radius 3 is 1.58 bits per heavy atom. The predicted octanol–water partition coefficient (Wildman–Crippen LogP) is 13.6. The molecule has 10 aromatic rings. The Kier molecular flexibility index (Phi) is 7.48. The number of halogens is 1. The van der Waals surface area contributed by atoms with Crippen LogP contribution in [-0.4, -0.2) is 15.0 Å². The molecule has 0 fully saturated rings. The van der Waals surface area contributed by atoms with Crippen LogP contribution in [0.15, 0.2) is 175 Å². The Hall–Kier alpha value is -6.85. The summed E-state index contributed by atoms with van der Waals surface area (Å²) in [6, 6.07) is 33.1. The second-order valence-electron chi connectivity index (χ2n) is 14.1. The van der Waals surface area contributed by atoms with Gasteiger partial charge in [0.1, 0.15) is 11.4 Å². The van der Waals surface area contributed by atoms with Gasteiger partial charge in [0.25, 0.3) is 0 Å². The summed E-state index contributed by atoms with van der Waals surface area (Å²) in [5.41, 5.74) is -3.74. The van der Waals surface area contributed by atoms with Gasteiger partial charge in [-0.15, -0.1) is 90.0 Å². The first-order valence-corrected chi connectivity index (χ1v) is 19.5. The van der Waals surface area contributed by atoms with Gasteiger partial charge in [-0.25, -0.2) is 4.39 Å². The van der Waals surface area contributed by atoms with E-state index in [1.54, 1.807) is 48.5 Å². The first kappa shape index (κ1) is 24.9. The van der Waals surface area contributed by atoms with Crippen molar-refractivity contribution in [3.8, 4) is 44.9 Å². The van der Waals surface area contributed by atoms with E-state index < -0.39 is 120 Å². The van der Waals surface area contributed by atoms with Crippen molar-refractivity contribution < 1.29 is 56.3 Å². The third-order valence-corrected chi connectivity index (χ3v) is 9.91. The Balaban J connectivity index is 0.00000846. The van der Waals surface area contributed by atoms with E-state index in [1.165, 1.54) is 42.5 Å². The molecule has 0 amide bonds. The number of nitrogens with zero attached hydrogens (tertiary/aromatic N) is 3. The van der Waals surface area contributed by atoms with Gasteiger partial charge in [-0.1, -0.05) is 95.8 Å². The molecule has 0 saturated carbocycles. The van der Waals surface area contributed by atoms with Gasteiger partial charge in [0.15, 0.2) is 0 Å². The zero-order valence-electron chi connectivity index (χ0n) is 53.2. The quantitative estimate of drug-likeness (QED) is 0.108. The molecule has 4 heterocycles. The van der Waals surface area contributed by atoms with Crippen molar-refractivity contribution in [3.63, 3.8) is 0 Å². The van der Waals surface area contributed by atoms with E-state index in [0.717, 1.165) is 48.9 Å². The summed E-state index contributed by atoms with van der Waals surface area (Å²) in [4.78, 5) is 13.1. The molecule has 6 aromatic carbocycles. The maximum atomic E-state index is 16.6. The monoisotopic (exact) mass is 1030 g/mol. The minimum Gasteiger partial charge on any atom is -0.500 e. The molecule has 0 N–H and O–H groups in total. The second kappa shape index (κ2) is 19.3. The summed E-state index contributed by atoms with van der Waals surface area (Å²) in [7, 11) is 0. The van der Waals surface area contributed by atoms with Crippen LogP contribution in [0.25, 0.3) is 66.8 Å². The van der Waals surface area contributed by atoms with Crippen LogP contribution in [0, 0.1) is 30.9 Å². The molecule has 4 aromatic heterocycles. The van der Waals surface area contributed by atoms with E-state index in [-0.39, 0.29) is 64.4 Å². The van der Waals surface area contributed by atoms with Crippen LogP contribution in [0.3, 0.4) is 0 Å². The largest absolute Gasteiger partial charge is 3.00 e. The molecule has 0 saturated heterocycles. The van der Waals surface area contributed by atoms with Crippen molar-refractivity contribution >= 4 is 21.9 Å². The topological polar surface area (TPSA) is 51.8 Å². The van der Waals surface area contributed by atoms with Crippen LogP contribution < -0.4 is 0 Å². The standard InChI is InChI=1S/C58H43FN3O.Ir/c1-39-32-51-49-18-11-19-50(57(49)63-58(51)55(56(39)59)48-16-9-4-10-17-48)54-31-28-42(38-62-54)22-25-45-34-43(23-20-40-26-29-52(60-36-40)46-12-5-2-6-13-46)33-44(35-45)24-21-41-27-30-53(61-37-41)47-14-7-3-8-15-47;/h2-12,14,16-18,26-38H,20-25H2,1H3;/q-3;+3/i1D3,4D,9D,10D,16D,17D,20D2,21D2,22D2,23D2,24D2,25D2;. The molecule has 0 bridgehead atoms. The maximum absolute atomic E-state index is 16.6. The molecule has 64 heavy (non-hydrogen) atoms. The summed E-state index contributed by atoms with van der Waals surface area (Å²) >= 11 is 0. The summed E-state index contributed by atoms with van der Waals surface area (Å²) < 4.78 is 202. The number of hydrogen-bond acceptors (Lipinski definition) is 4. The molecular weight excluding hydrogens is 966 g/mol. The molecule has 0 radical (unpaired) electrons. The van der Waals surface area contributed by atoms with Crippen LogP contribution in [0.2, 0.25) is 0 Å². The van der Waals surface area contributed by atoms with E-state index in [9.17, 15) is 16.4 Å². The molecule has 312 valence electrons. The van der Waals surface area contributed by atoms with Gasteiger partial charge in [0, 0.05) is 44.5 Å². The molecular formula is C58H43FIrN3O.